The van der Waals surface area contributed by atoms with E-state index in [-0.39, 0.29) is 0 Å². The van der Waals surface area contributed by atoms with Gasteiger partial charge in [-0.15, -0.1) is 12.3 Å². The molecule has 0 amide bonds. The standard InChI is InChI=1S/C12H18NOS/c1-4-5-6-8-13-10-15-12(11(13)2)7-9-14-3/h1,10H,5-9H2,2-3H3/q+1. The van der Waals surface area contributed by atoms with Crippen LogP contribution in [0.1, 0.15) is 23.4 Å². The van der Waals surface area contributed by atoms with Gasteiger partial charge in [-0.05, 0) is 0 Å². The first-order chi connectivity index (χ1) is 7.29. The van der Waals surface area contributed by atoms with Crippen molar-refractivity contribution in [2.75, 3.05) is 13.7 Å². The normalized spacial score (nSPS) is 10.2. The van der Waals surface area contributed by atoms with Crippen molar-refractivity contribution in [3.8, 4) is 12.3 Å². The molecule has 0 aromatic carbocycles. The number of nitrogens with zero attached hydrogens (tertiary/aromatic N) is 1. The fraction of sp³-hybridized carbons (Fsp3) is 0.583. The first-order valence-corrected chi connectivity index (χ1v) is 6.06. The summed E-state index contributed by atoms with van der Waals surface area (Å²) in [5.74, 6) is 2.67. The molecule has 1 aromatic rings. The summed E-state index contributed by atoms with van der Waals surface area (Å²) >= 11 is 1.81. The summed E-state index contributed by atoms with van der Waals surface area (Å²) in [4.78, 5) is 1.41. The van der Waals surface area contributed by atoms with E-state index >= 15 is 0 Å². The third-order valence-electron chi connectivity index (χ3n) is 2.41. The molecule has 0 spiro atoms. The highest BCUT2D eigenvalue weighted by Crippen LogP contribution is 2.11. The second-order valence-electron chi connectivity index (χ2n) is 3.48. The predicted molar refractivity (Wildman–Crippen MR) is 62.9 cm³/mol. The Balaban J connectivity index is 2.51. The Hall–Kier alpha value is -0.850. The molecular weight excluding hydrogens is 206 g/mol. The van der Waals surface area contributed by atoms with Crippen LogP contribution in [0.25, 0.3) is 0 Å². The minimum atomic E-state index is 0.797. The van der Waals surface area contributed by atoms with Crippen LogP contribution in [0.15, 0.2) is 5.51 Å². The summed E-state index contributed by atoms with van der Waals surface area (Å²) in [5.41, 5.74) is 3.53. The molecule has 0 radical (unpaired) electrons. The highest BCUT2D eigenvalue weighted by Gasteiger charge is 2.13. The Labute approximate surface area is 95.9 Å². The molecule has 1 heterocycles. The summed E-state index contributed by atoms with van der Waals surface area (Å²) in [6, 6.07) is 0. The first kappa shape index (κ1) is 12.2. The van der Waals surface area contributed by atoms with Crippen molar-refractivity contribution in [1.29, 1.82) is 0 Å². The van der Waals surface area contributed by atoms with Crippen molar-refractivity contribution in [2.45, 2.75) is 32.7 Å². The van der Waals surface area contributed by atoms with Crippen LogP contribution in [0.3, 0.4) is 0 Å². The van der Waals surface area contributed by atoms with Gasteiger partial charge in [-0.2, -0.15) is 4.57 Å². The second kappa shape index (κ2) is 6.60. The molecule has 15 heavy (non-hydrogen) atoms. The van der Waals surface area contributed by atoms with Crippen molar-refractivity contribution in [2.24, 2.45) is 0 Å². The largest absolute Gasteiger partial charge is 0.384 e. The molecule has 1 rings (SSSR count). The summed E-state index contributed by atoms with van der Waals surface area (Å²) in [5, 5.41) is 0. The molecule has 0 saturated carbocycles. The molecule has 1 aromatic heterocycles. The maximum absolute atomic E-state index is 5.23. The second-order valence-corrected chi connectivity index (χ2v) is 4.42. The summed E-state index contributed by atoms with van der Waals surface area (Å²) in [6.45, 7) is 3.99. The van der Waals surface area contributed by atoms with Crippen LogP contribution < -0.4 is 4.57 Å². The van der Waals surface area contributed by atoms with Crippen molar-refractivity contribution in [3.63, 3.8) is 0 Å². The van der Waals surface area contributed by atoms with E-state index in [0.29, 0.717) is 0 Å². The van der Waals surface area contributed by atoms with Gasteiger partial charge in [0.05, 0.1) is 11.5 Å². The van der Waals surface area contributed by atoms with Gasteiger partial charge in [0.25, 0.3) is 0 Å². The number of methoxy groups -OCH3 is 1. The molecule has 0 aliphatic carbocycles. The minimum Gasteiger partial charge on any atom is -0.384 e. The lowest BCUT2D eigenvalue weighted by molar-refractivity contribution is -0.698. The van der Waals surface area contributed by atoms with E-state index < -0.39 is 0 Å². The molecule has 0 aliphatic rings. The van der Waals surface area contributed by atoms with E-state index in [1.807, 2.05) is 0 Å². The number of hydrogen-bond donors (Lipinski definition) is 0. The molecule has 0 aliphatic heterocycles. The zero-order valence-corrected chi connectivity index (χ0v) is 10.3. The van der Waals surface area contributed by atoms with Gasteiger partial charge < -0.3 is 4.74 Å². The van der Waals surface area contributed by atoms with E-state index in [1.165, 1.54) is 10.6 Å². The minimum absolute atomic E-state index is 0.797. The molecule has 0 atom stereocenters. The van der Waals surface area contributed by atoms with Crippen LogP contribution in [0.4, 0.5) is 0 Å². The third-order valence-corrected chi connectivity index (χ3v) is 3.55. The number of hydrogen-bond acceptors (Lipinski definition) is 2. The summed E-state index contributed by atoms with van der Waals surface area (Å²) in [6.07, 6.45) is 8.15. The van der Waals surface area contributed by atoms with Gasteiger partial charge >= 0.3 is 0 Å². The number of rotatable bonds is 6. The molecule has 0 bridgehead atoms. The van der Waals surface area contributed by atoms with Crippen LogP contribution in [0.5, 0.6) is 0 Å². The molecule has 0 unspecified atom stereocenters. The van der Waals surface area contributed by atoms with Gasteiger partial charge in [0.2, 0.25) is 5.51 Å². The van der Waals surface area contributed by atoms with Crippen LogP contribution in [0, 0.1) is 19.3 Å². The van der Waals surface area contributed by atoms with E-state index in [4.69, 9.17) is 11.2 Å². The van der Waals surface area contributed by atoms with Crippen LogP contribution in [-0.4, -0.2) is 13.7 Å². The Morgan fingerprint density at radius 1 is 1.60 bits per heavy atom. The zero-order chi connectivity index (χ0) is 11.1. The zero-order valence-electron chi connectivity index (χ0n) is 9.45. The number of ether oxygens (including phenoxy) is 1. The van der Waals surface area contributed by atoms with Gasteiger partial charge in [-0.25, -0.2) is 0 Å². The van der Waals surface area contributed by atoms with Crippen LogP contribution in [0.2, 0.25) is 0 Å². The Kier molecular flexibility index (Phi) is 5.38. The van der Waals surface area contributed by atoms with Crippen molar-refractivity contribution in [3.05, 3.63) is 16.1 Å². The maximum Gasteiger partial charge on any atom is 0.225 e. The number of aryl methyl sites for hydroxylation is 1. The van der Waals surface area contributed by atoms with E-state index in [0.717, 1.165) is 32.4 Å². The molecule has 82 valence electrons. The lowest BCUT2D eigenvalue weighted by Gasteiger charge is -1.96. The number of thiazole rings is 1. The fourth-order valence-corrected chi connectivity index (χ4v) is 2.47. The highest BCUT2D eigenvalue weighted by atomic mass is 32.1. The van der Waals surface area contributed by atoms with Crippen molar-refractivity contribution in [1.82, 2.24) is 0 Å². The monoisotopic (exact) mass is 224 g/mol. The summed E-state index contributed by atoms with van der Waals surface area (Å²) in [7, 11) is 1.74. The topological polar surface area (TPSA) is 13.1 Å². The SMILES string of the molecule is C#CCCC[n+]1csc(CCOC)c1C. The quantitative estimate of drug-likeness (QED) is 0.409. The molecule has 0 fully saturated rings. The highest BCUT2D eigenvalue weighted by molar-refractivity contribution is 7.09. The summed E-state index contributed by atoms with van der Waals surface area (Å²) < 4.78 is 7.36. The number of unbranched alkanes of at least 4 members (excludes halogenated alkanes) is 1. The van der Waals surface area contributed by atoms with Gasteiger partial charge in [-0.3, -0.25) is 0 Å². The third kappa shape index (κ3) is 3.65. The van der Waals surface area contributed by atoms with Crippen molar-refractivity contribution >= 4 is 11.3 Å². The Bertz CT molecular complexity index is 338. The molecule has 3 heteroatoms. The van der Waals surface area contributed by atoms with Crippen LogP contribution in [-0.2, 0) is 17.7 Å². The lowest BCUT2D eigenvalue weighted by Crippen LogP contribution is -2.34. The van der Waals surface area contributed by atoms with E-state index in [9.17, 15) is 0 Å². The van der Waals surface area contributed by atoms with Gasteiger partial charge in [0.15, 0.2) is 5.69 Å². The Morgan fingerprint density at radius 2 is 2.40 bits per heavy atom. The average molecular weight is 224 g/mol. The van der Waals surface area contributed by atoms with E-state index in [1.54, 1.807) is 18.4 Å². The molecule has 0 N–H and O–H groups in total. The van der Waals surface area contributed by atoms with E-state index in [2.05, 4.69) is 22.9 Å². The number of aromatic nitrogens is 1. The Morgan fingerprint density at radius 3 is 3.07 bits per heavy atom. The average Bonchev–Trinajstić information content (AvgIpc) is 2.58. The van der Waals surface area contributed by atoms with Crippen molar-refractivity contribution < 1.29 is 9.30 Å². The molecule has 2 nitrogen and oxygen atoms in total. The first-order valence-electron chi connectivity index (χ1n) is 5.18. The lowest BCUT2D eigenvalue weighted by atomic mass is 10.3. The number of terminal acetylenes is 1. The van der Waals surface area contributed by atoms with Gasteiger partial charge in [-0.1, -0.05) is 11.3 Å². The molecule has 0 saturated heterocycles. The molecular formula is C12H18NOS+. The smallest absolute Gasteiger partial charge is 0.225 e. The maximum atomic E-state index is 5.23. The van der Waals surface area contributed by atoms with Crippen LogP contribution >= 0.6 is 11.3 Å². The van der Waals surface area contributed by atoms with Gasteiger partial charge in [0, 0.05) is 33.3 Å². The van der Waals surface area contributed by atoms with Gasteiger partial charge in [0.1, 0.15) is 6.54 Å². The predicted octanol–water partition coefficient (Wildman–Crippen LogP) is 1.95. The fourth-order valence-electron chi connectivity index (χ4n) is 1.46.